The van der Waals surface area contributed by atoms with Crippen LogP contribution in [-0.4, -0.2) is 51.2 Å². The van der Waals surface area contributed by atoms with E-state index in [4.69, 9.17) is 14.9 Å². The first-order chi connectivity index (χ1) is 22.4. The fraction of sp³-hybridized carbons (Fsp3) is 0.289. The topological polar surface area (TPSA) is 101 Å². The van der Waals surface area contributed by atoms with E-state index >= 15 is 0 Å². The van der Waals surface area contributed by atoms with Crippen LogP contribution in [0.1, 0.15) is 54.8 Å². The number of amides is 1. The van der Waals surface area contributed by atoms with E-state index in [9.17, 15) is 9.59 Å². The Morgan fingerprint density at radius 2 is 1.61 bits per heavy atom. The lowest BCUT2D eigenvalue weighted by atomic mass is 9.90. The van der Waals surface area contributed by atoms with E-state index in [1.807, 2.05) is 18.2 Å². The maximum atomic E-state index is 13.5. The normalized spacial score (nSPS) is 11.0. The fourth-order valence-electron chi connectivity index (χ4n) is 5.86. The molecule has 1 aliphatic heterocycles. The van der Waals surface area contributed by atoms with Crippen LogP contribution in [0.2, 0.25) is 0 Å². The lowest BCUT2D eigenvalue weighted by Crippen LogP contribution is -2.29. The van der Waals surface area contributed by atoms with Crippen molar-refractivity contribution < 1.29 is 18.7 Å². The first-order valence-electron chi connectivity index (χ1n) is 16.1. The minimum Gasteiger partial charge on any atom is -0.462 e. The van der Waals surface area contributed by atoms with E-state index < -0.39 is 5.97 Å². The summed E-state index contributed by atoms with van der Waals surface area (Å²) < 4.78 is 14.6. The van der Waals surface area contributed by atoms with Crippen LogP contribution in [0.4, 0.5) is 11.4 Å². The van der Waals surface area contributed by atoms with Crippen molar-refractivity contribution in [3.05, 3.63) is 101 Å². The summed E-state index contributed by atoms with van der Waals surface area (Å²) in [6, 6.07) is 26.9. The Bertz CT molecular complexity index is 1870. The fourth-order valence-corrected chi connectivity index (χ4v) is 5.86. The molecule has 0 atom stereocenters. The molecule has 1 aliphatic carbocycles. The van der Waals surface area contributed by atoms with E-state index in [2.05, 4.69) is 78.9 Å². The molecule has 0 spiro atoms. The summed E-state index contributed by atoms with van der Waals surface area (Å²) in [6.07, 6.45) is 0.479. The number of rotatable bonds is 12. The van der Waals surface area contributed by atoms with Gasteiger partial charge in [0.15, 0.2) is 0 Å². The van der Waals surface area contributed by atoms with Gasteiger partial charge in [-0.05, 0) is 88.2 Å². The van der Waals surface area contributed by atoms with E-state index in [1.54, 1.807) is 30.3 Å². The number of fused-ring (bicyclic) bond motifs is 2. The van der Waals surface area contributed by atoms with E-state index in [0.29, 0.717) is 29.8 Å². The molecule has 2 aliphatic rings. The van der Waals surface area contributed by atoms with Crippen LogP contribution in [0, 0.1) is 0 Å². The second-order valence-corrected chi connectivity index (χ2v) is 11.1. The maximum Gasteiger partial charge on any atom is 0.338 e. The molecule has 5 rings (SSSR count). The number of carbonyl (C=O) groups excluding carboxylic acids is 2. The zero-order valence-corrected chi connectivity index (χ0v) is 27.1. The average Bonchev–Trinajstić information content (AvgIpc) is 3.08. The first-order valence-corrected chi connectivity index (χ1v) is 16.1. The van der Waals surface area contributed by atoms with Crippen LogP contribution in [0.25, 0.3) is 33.4 Å². The molecule has 0 aromatic heterocycles. The summed E-state index contributed by atoms with van der Waals surface area (Å²) in [5.74, 6) is 0.143. The summed E-state index contributed by atoms with van der Waals surface area (Å²) in [7, 11) is 0. The Balaban J connectivity index is 1.47. The molecule has 8 heteroatoms. The SMILES string of the molecule is CCN(CC)c1ccc2c(-c3ccccc3C(=O)OCCCNC(=O)c3ccc(N)cc3)c3ccc(=[N+](CC)CC)cc-3oc2c1. The van der Waals surface area contributed by atoms with Crippen LogP contribution in [0.3, 0.4) is 0 Å². The number of benzene rings is 4. The van der Waals surface area contributed by atoms with Gasteiger partial charge in [-0.1, -0.05) is 18.2 Å². The van der Waals surface area contributed by atoms with Gasteiger partial charge in [0.1, 0.15) is 24.4 Å². The monoisotopic (exact) mass is 619 g/mol. The Kier molecular flexibility index (Phi) is 10.4. The zero-order valence-electron chi connectivity index (χ0n) is 27.1. The van der Waals surface area contributed by atoms with Gasteiger partial charge >= 0.3 is 5.97 Å². The van der Waals surface area contributed by atoms with Crippen molar-refractivity contribution >= 4 is 34.2 Å². The lowest BCUT2D eigenvalue weighted by molar-refractivity contribution is 0.0502. The van der Waals surface area contributed by atoms with E-state index in [1.165, 1.54) is 0 Å². The van der Waals surface area contributed by atoms with Gasteiger partial charge in [0.2, 0.25) is 5.36 Å². The Hall–Kier alpha value is -5.11. The number of nitrogens with one attached hydrogen (secondary N) is 1. The van der Waals surface area contributed by atoms with Crippen molar-refractivity contribution in [2.24, 2.45) is 0 Å². The summed E-state index contributed by atoms with van der Waals surface area (Å²) in [5, 5.41) is 4.87. The van der Waals surface area contributed by atoms with Crippen LogP contribution < -0.4 is 25.9 Å². The molecular formula is C38H43N4O4+. The van der Waals surface area contributed by atoms with Gasteiger partial charge in [0.25, 0.3) is 5.91 Å². The number of carbonyl (C=O) groups is 2. The second kappa shape index (κ2) is 14.8. The molecule has 238 valence electrons. The van der Waals surface area contributed by atoms with E-state index in [0.717, 1.165) is 70.6 Å². The number of nitrogens with two attached hydrogens (primary N) is 1. The summed E-state index contributed by atoms with van der Waals surface area (Å²) in [5.41, 5.74) is 11.8. The van der Waals surface area contributed by atoms with Gasteiger partial charge in [-0.2, -0.15) is 0 Å². The third-order valence-electron chi connectivity index (χ3n) is 8.38. The molecule has 3 aromatic carbocycles. The van der Waals surface area contributed by atoms with Gasteiger partial charge in [-0.15, -0.1) is 0 Å². The number of nitrogens with zero attached hydrogens (tertiary/aromatic N) is 2. The minimum absolute atomic E-state index is 0.168. The number of ether oxygens (including phenoxy) is 1. The van der Waals surface area contributed by atoms with E-state index in [-0.39, 0.29) is 12.5 Å². The number of nitrogen functional groups attached to an aromatic ring is 1. The average molecular weight is 620 g/mol. The van der Waals surface area contributed by atoms with Crippen molar-refractivity contribution in [2.75, 3.05) is 50.0 Å². The quantitative estimate of drug-likeness (QED) is 0.0550. The van der Waals surface area contributed by atoms with Crippen molar-refractivity contribution in [3.63, 3.8) is 0 Å². The molecule has 3 N–H and O–H groups in total. The van der Waals surface area contributed by atoms with Crippen molar-refractivity contribution in [2.45, 2.75) is 34.1 Å². The molecule has 46 heavy (non-hydrogen) atoms. The Morgan fingerprint density at radius 3 is 2.33 bits per heavy atom. The van der Waals surface area contributed by atoms with Crippen LogP contribution >= 0.6 is 0 Å². The molecule has 0 unspecified atom stereocenters. The largest absolute Gasteiger partial charge is 0.462 e. The lowest BCUT2D eigenvalue weighted by Gasteiger charge is -2.22. The summed E-state index contributed by atoms with van der Waals surface area (Å²) >= 11 is 0. The first kappa shape index (κ1) is 32.3. The highest BCUT2D eigenvalue weighted by molar-refractivity contribution is 6.08. The molecule has 1 amide bonds. The third kappa shape index (κ3) is 6.91. The van der Waals surface area contributed by atoms with Crippen molar-refractivity contribution in [3.8, 4) is 22.5 Å². The second-order valence-electron chi connectivity index (χ2n) is 11.1. The van der Waals surface area contributed by atoms with Crippen molar-refractivity contribution in [1.29, 1.82) is 0 Å². The van der Waals surface area contributed by atoms with Crippen LogP contribution in [0.5, 0.6) is 0 Å². The predicted octanol–water partition coefficient (Wildman–Crippen LogP) is 6.42. The number of esters is 1. The van der Waals surface area contributed by atoms with Gasteiger partial charge in [0.05, 0.1) is 18.2 Å². The Morgan fingerprint density at radius 1 is 0.870 bits per heavy atom. The minimum atomic E-state index is -0.415. The standard InChI is InChI=1S/C38H42N4O4/c1-5-41(6-2)28-18-20-32-34(24-28)46-35-25-29(42(7-3)8-4)19-21-33(35)36(32)30-12-9-10-13-31(30)38(44)45-23-11-22-40-37(43)26-14-16-27(39)17-15-26/h9-10,12-21,24-25H,5-8,11,22-23H2,1-4H3,(H2-,39,40,43)/p+1. The van der Waals surface area contributed by atoms with Gasteiger partial charge in [-0.3, -0.25) is 4.79 Å². The molecule has 1 heterocycles. The third-order valence-corrected chi connectivity index (χ3v) is 8.38. The number of hydrogen-bond acceptors (Lipinski definition) is 6. The van der Waals surface area contributed by atoms with Gasteiger partial charge < -0.3 is 25.1 Å². The summed E-state index contributed by atoms with van der Waals surface area (Å²) in [4.78, 5) is 28.2. The number of anilines is 2. The molecular weight excluding hydrogens is 576 g/mol. The number of hydrogen-bond donors (Lipinski definition) is 2. The highest BCUT2D eigenvalue weighted by Crippen LogP contribution is 2.42. The van der Waals surface area contributed by atoms with Crippen LogP contribution in [0.15, 0.2) is 89.3 Å². The summed E-state index contributed by atoms with van der Waals surface area (Å²) in [6.45, 7) is 12.6. The van der Waals surface area contributed by atoms with Gasteiger partial charge in [0, 0.05) is 65.2 Å². The molecule has 8 nitrogen and oxygen atoms in total. The van der Waals surface area contributed by atoms with Crippen molar-refractivity contribution in [1.82, 2.24) is 9.89 Å². The molecule has 0 fully saturated rings. The predicted molar refractivity (Wildman–Crippen MR) is 186 cm³/mol. The highest BCUT2D eigenvalue weighted by atomic mass is 16.5. The van der Waals surface area contributed by atoms with Crippen LogP contribution in [-0.2, 0) is 4.74 Å². The molecule has 0 saturated carbocycles. The zero-order chi connectivity index (χ0) is 32.6. The molecule has 3 aromatic rings. The molecule has 0 radical (unpaired) electrons. The molecule has 0 saturated heterocycles. The van der Waals surface area contributed by atoms with Gasteiger partial charge in [-0.25, -0.2) is 9.37 Å². The smallest absolute Gasteiger partial charge is 0.338 e. The highest BCUT2D eigenvalue weighted by Gasteiger charge is 2.23. The molecule has 0 bridgehead atoms. The Labute approximate surface area is 270 Å². The maximum absolute atomic E-state index is 13.5.